The van der Waals surface area contributed by atoms with Crippen LogP contribution in [0.1, 0.15) is 36.8 Å². The molecule has 2 heterocycles. The van der Waals surface area contributed by atoms with Crippen molar-refractivity contribution in [3.05, 3.63) is 59.7 Å². The van der Waals surface area contributed by atoms with Crippen molar-refractivity contribution in [3.63, 3.8) is 0 Å². The lowest BCUT2D eigenvalue weighted by Crippen LogP contribution is -2.42. The predicted molar refractivity (Wildman–Crippen MR) is 127 cm³/mol. The lowest BCUT2D eigenvalue weighted by Gasteiger charge is -2.29. The molecule has 0 atom stereocenters. The van der Waals surface area contributed by atoms with Crippen LogP contribution in [0.25, 0.3) is 11.1 Å². The van der Waals surface area contributed by atoms with Gasteiger partial charge in [-0.1, -0.05) is 48.5 Å². The minimum absolute atomic E-state index is 0.00825. The predicted octanol–water partition coefficient (Wildman–Crippen LogP) is 3.24. The Morgan fingerprint density at radius 2 is 1.62 bits per heavy atom. The Bertz CT molecular complexity index is 1020. The van der Waals surface area contributed by atoms with E-state index in [1.165, 1.54) is 42.1 Å². The number of nitrogens with zero attached hydrogens (tertiary/aromatic N) is 2. The van der Waals surface area contributed by atoms with Crippen LogP contribution in [0.3, 0.4) is 0 Å². The molecule has 0 aromatic heterocycles. The largest absolute Gasteiger partial charge is 0.352 e. The van der Waals surface area contributed by atoms with Crippen LogP contribution in [0, 0.1) is 5.92 Å². The molecule has 0 unspecified atom stereocenters. The number of benzene rings is 2. The summed E-state index contributed by atoms with van der Waals surface area (Å²) in [7, 11) is -3.18. The van der Waals surface area contributed by atoms with Crippen molar-refractivity contribution in [2.45, 2.75) is 38.8 Å². The molecule has 4 rings (SSSR count). The summed E-state index contributed by atoms with van der Waals surface area (Å²) in [5.74, 6) is -0.126. The molecule has 2 fully saturated rings. The van der Waals surface area contributed by atoms with E-state index in [1.807, 2.05) is 12.1 Å². The summed E-state index contributed by atoms with van der Waals surface area (Å²) in [5.41, 5.74) is 4.71. The van der Waals surface area contributed by atoms with Gasteiger partial charge in [0.15, 0.2) is 0 Å². The molecule has 0 spiro atoms. The first-order valence-electron chi connectivity index (χ1n) is 11.5. The zero-order valence-corrected chi connectivity index (χ0v) is 19.6. The van der Waals surface area contributed by atoms with Crippen LogP contribution >= 0.6 is 0 Å². The molecule has 7 heteroatoms. The monoisotopic (exact) mass is 455 g/mol. The first-order chi connectivity index (χ1) is 15.4. The van der Waals surface area contributed by atoms with Gasteiger partial charge in [0.05, 0.1) is 6.26 Å². The number of nitrogens with one attached hydrogen (secondary N) is 1. The van der Waals surface area contributed by atoms with Gasteiger partial charge >= 0.3 is 0 Å². The maximum Gasteiger partial charge on any atom is 0.223 e. The number of likely N-dealkylation sites (tertiary alicyclic amines) is 1. The summed E-state index contributed by atoms with van der Waals surface area (Å²) in [6.45, 7) is 4.69. The fourth-order valence-electron chi connectivity index (χ4n) is 4.72. The van der Waals surface area contributed by atoms with E-state index >= 15 is 0 Å². The van der Waals surface area contributed by atoms with Crippen LogP contribution in [0.4, 0.5) is 0 Å². The highest BCUT2D eigenvalue weighted by Gasteiger charge is 2.28. The van der Waals surface area contributed by atoms with Gasteiger partial charge in [0.1, 0.15) is 0 Å². The third-order valence-electron chi connectivity index (χ3n) is 6.63. The maximum absolute atomic E-state index is 12.7. The molecule has 2 aliphatic heterocycles. The second-order valence-electron chi connectivity index (χ2n) is 8.99. The van der Waals surface area contributed by atoms with Crippen LogP contribution in [-0.2, 0) is 27.9 Å². The van der Waals surface area contributed by atoms with Crippen molar-refractivity contribution >= 4 is 15.9 Å². The van der Waals surface area contributed by atoms with Crippen LogP contribution in [0.5, 0.6) is 0 Å². The van der Waals surface area contributed by atoms with Crippen molar-refractivity contribution in [3.8, 4) is 11.1 Å². The third kappa shape index (κ3) is 5.77. The zero-order chi connectivity index (χ0) is 22.6. The van der Waals surface area contributed by atoms with Gasteiger partial charge in [0, 0.05) is 32.1 Å². The second kappa shape index (κ2) is 10.1. The van der Waals surface area contributed by atoms with E-state index in [2.05, 4.69) is 46.6 Å². The number of carbonyl (C=O) groups excluding carboxylic acids is 1. The van der Waals surface area contributed by atoms with E-state index in [4.69, 9.17) is 0 Å². The molecular formula is C25H33N3O3S. The summed E-state index contributed by atoms with van der Waals surface area (Å²) >= 11 is 0. The molecule has 2 saturated heterocycles. The lowest BCUT2D eigenvalue weighted by atomic mass is 9.96. The molecule has 0 aliphatic carbocycles. The van der Waals surface area contributed by atoms with E-state index in [1.54, 1.807) is 0 Å². The molecule has 2 aromatic carbocycles. The standard InChI is InChI=1S/C25H33N3O3S/c1-32(30,31)28-16-12-22(13-17-28)25(29)26-18-23-6-2-3-7-24(23)21-10-8-20(9-11-21)19-27-14-4-5-15-27/h2-3,6-11,22H,4-5,12-19H2,1H3,(H,26,29). The van der Waals surface area contributed by atoms with E-state index in [0.29, 0.717) is 32.5 Å². The average Bonchev–Trinajstić information content (AvgIpc) is 3.31. The highest BCUT2D eigenvalue weighted by molar-refractivity contribution is 7.88. The Hall–Kier alpha value is -2.22. The summed E-state index contributed by atoms with van der Waals surface area (Å²) in [6.07, 6.45) is 4.96. The van der Waals surface area contributed by atoms with Gasteiger partial charge in [-0.05, 0) is 61.0 Å². The minimum atomic E-state index is -3.18. The number of sulfonamides is 1. The topological polar surface area (TPSA) is 69.7 Å². The Morgan fingerprint density at radius 3 is 2.28 bits per heavy atom. The minimum Gasteiger partial charge on any atom is -0.352 e. The highest BCUT2D eigenvalue weighted by atomic mass is 32.2. The normalized spacial score (nSPS) is 18.7. The lowest BCUT2D eigenvalue weighted by molar-refractivity contribution is -0.126. The molecule has 172 valence electrons. The van der Waals surface area contributed by atoms with Crippen molar-refractivity contribution in [2.75, 3.05) is 32.4 Å². The molecule has 2 aromatic rings. The second-order valence-corrected chi connectivity index (χ2v) is 11.0. The van der Waals surface area contributed by atoms with Gasteiger partial charge < -0.3 is 5.32 Å². The molecule has 6 nitrogen and oxygen atoms in total. The summed E-state index contributed by atoms with van der Waals surface area (Å²) in [4.78, 5) is 15.2. The van der Waals surface area contributed by atoms with E-state index in [9.17, 15) is 13.2 Å². The number of rotatable bonds is 7. The number of hydrogen-bond donors (Lipinski definition) is 1. The van der Waals surface area contributed by atoms with E-state index in [-0.39, 0.29) is 11.8 Å². The van der Waals surface area contributed by atoms with Gasteiger partial charge in [-0.25, -0.2) is 12.7 Å². The third-order valence-corrected chi connectivity index (χ3v) is 7.94. The molecule has 0 saturated carbocycles. The van der Waals surface area contributed by atoms with Crippen LogP contribution in [0.15, 0.2) is 48.5 Å². The zero-order valence-electron chi connectivity index (χ0n) is 18.8. The van der Waals surface area contributed by atoms with E-state index < -0.39 is 10.0 Å². The fourth-order valence-corrected chi connectivity index (χ4v) is 5.60. The molecule has 0 bridgehead atoms. The molecular weight excluding hydrogens is 422 g/mol. The van der Waals surface area contributed by atoms with Gasteiger partial charge in [-0.15, -0.1) is 0 Å². The highest BCUT2D eigenvalue weighted by Crippen LogP contribution is 2.25. The average molecular weight is 456 g/mol. The molecule has 2 aliphatic rings. The van der Waals surface area contributed by atoms with Crippen LogP contribution in [0.2, 0.25) is 0 Å². The van der Waals surface area contributed by atoms with Crippen molar-refractivity contribution in [2.24, 2.45) is 5.92 Å². The quantitative estimate of drug-likeness (QED) is 0.696. The van der Waals surface area contributed by atoms with Crippen molar-refractivity contribution in [1.29, 1.82) is 0 Å². The smallest absolute Gasteiger partial charge is 0.223 e. The first kappa shape index (κ1) is 23.0. The fraction of sp³-hybridized carbons (Fsp3) is 0.480. The summed E-state index contributed by atoms with van der Waals surface area (Å²) in [6, 6.07) is 16.9. The molecule has 0 radical (unpaired) electrons. The van der Waals surface area contributed by atoms with Gasteiger partial charge in [-0.3, -0.25) is 9.69 Å². The molecule has 1 N–H and O–H groups in total. The van der Waals surface area contributed by atoms with Crippen molar-refractivity contribution < 1.29 is 13.2 Å². The Kier molecular flexibility index (Phi) is 7.28. The Labute approximate surface area is 191 Å². The SMILES string of the molecule is CS(=O)(=O)N1CCC(C(=O)NCc2ccccc2-c2ccc(CN3CCCC3)cc2)CC1. The van der Waals surface area contributed by atoms with Gasteiger partial charge in [0.25, 0.3) is 0 Å². The molecule has 32 heavy (non-hydrogen) atoms. The number of piperidine rings is 1. The number of hydrogen-bond acceptors (Lipinski definition) is 4. The Balaban J connectivity index is 1.36. The summed E-state index contributed by atoms with van der Waals surface area (Å²) < 4.78 is 24.8. The van der Waals surface area contributed by atoms with Crippen LogP contribution in [-0.4, -0.2) is 56.0 Å². The summed E-state index contributed by atoms with van der Waals surface area (Å²) in [5, 5.41) is 3.08. The van der Waals surface area contributed by atoms with Crippen LogP contribution < -0.4 is 5.32 Å². The number of amides is 1. The van der Waals surface area contributed by atoms with Gasteiger partial charge in [0.2, 0.25) is 15.9 Å². The van der Waals surface area contributed by atoms with Crippen molar-refractivity contribution in [1.82, 2.24) is 14.5 Å². The van der Waals surface area contributed by atoms with Gasteiger partial charge in [-0.2, -0.15) is 0 Å². The first-order valence-corrected chi connectivity index (χ1v) is 13.4. The molecule has 1 amide bonds. The maximum atomic E-state index is 12.7. The number of carbonyl (C=O) groups is 1. The van der Waals surface area contributed by atoms with E-state index in [0.717, 1.165) is 23.2 Å². The Morgan fingerprint density at radius 1 is 0.969 bits per heavy atom.